The summed E-state index contributed by atoms with van der Waals surface area (Å²) in [6, 6.07) is 5.25. The van der Waals surface area contributed by atoms with E-state index in [1.54, 1.807) is 24.4 Å². The third-order valence-electron chi connectivity index (χ3n) is 5.09. The standard InChI is InChI=1S/C20H21F3N6O2/c21-20(22,23)6-5-18(30)25-9-12-3-4-13-14(8-12)28-16(27-13)11-26-19(31)15-10-24-17-2-1-7-29(15)17/h3-4,8,10H,1-2,5-7,9,11H2,(H,25,30)(H,26,31)(H,27,28). The highest BCUT2D eigenvalue weighted by molar-refractivity contribution is 5.92. The van der Waals surface area contributed by atoms with Crippen molar-refractivity contribution < 1.29 is 22.8 Å². The van der Waals surface area contributed by atoms with E-state index in [2.05, 4.69) is 25.6 Å². The van der Waals surface area contributed by atoms with Crippen LogP contribution in [0, 0.1) is 0 Å². The van der Waals surface area contributed by atoms with Crippen LogP contribution in [-0.2, 0) is 30.8 Å². The Labute approximate surface area is 175 Å². The SMILES string of the molecule is O=C(CCC(F)(F)F)NCc1ccc2nc(CNC(=O)c3cnc4n3CCC4)[nH]c2c1. The largest absolute Gasteiger partial charge is 0.389 e. The van der Waals surface area contributed by atoms with Gasteiger partial charge in [0.15, 0.2) is 0 Å². The normalized spacial score (nSPS) is 13.4. The fourth-order valence-corrected chi connectivity index (χ4v) is 3.54. The van der Waals surface area contributed by atoms with Crippen molar-refractivity contribution in [3.63, 3.8) is 0 Å². The number of benzene rings is 1. The minimum absolute atomic E-state index is 0.115. The van der Waals surface area contributed by atoms with Crippen LogP contribution in [0.15, 0.2) is 24.4 Å². The van der Waals surface area contributed by atoms with Gasteiger partial charge in [-0.15, -0.1) is 0 Å². The number of halogens is 3. The highest BCUT2D eigenvalue weighted by Crippen LogP contribution is 2.21. The molecule has 0 spiro atoms. The molecule has 3 N–H and O–H groups in total. The molecule has 11 heteroatoms. The first-order valence-electron chi connectivity index (χ1n) is 9.92. The molecule has 2 aromatic heterocycles. The molecular formula is C20H21F3N6O2. The van der Waals surface area contributed by atoms with Crippen LogP contribution in [0.2, 0.25) is 0 Å². The van der Waals surface area contributed by atoms with Crippen molar-refractivity contribution in [3.05, 3.63) is 47.3 Å². The van der Waals surface area contributed by atoms with Crippen molar-refractivity contribution in [2.24, 2.45) is 0 Å². The quantitative estimate of drug-likeness (QED) is 0.532. The molecule has 4 rings (SSSR count). The van der Waals surface area contributed by atoms with Gasteiger partial charge in [0, 0.05) is 25.9 Å². The zero-order valence-electron chi connectivity index (χ0n) is 16.6. The van der Waals surface area contributed by atoms with Crippen LogP contribution < -0.4 is 10.6 Å². The lowest BCUT2D eigenvalue weighted by Crippen LogP contribution is -2.25. The molecule has 1 aliphatic heterocycles. The molecule has 0 atom stereocenters. The molecule has 0 saturated heterocycles. The Morgan fingerprint density at radius 3 is 2.84 bits per heavy atom. The average Bonchev–Trinajstić information content (AvgIpc) is 3.42. The van der Waals surface area contributed by atoms with Crippen LogP contribution in [-0.4, -0.2) is 37.5 Å². The summed E-state index contributed by atoms with van der Waals surface area (Å²) in [5.74, 6) is 0.614. The predicted molar refractivity (Wildman–Crippen MR) is 105 cm³/mol. The summed E-state index contributed by atoms with van der Waals surface area (Å²) >= 11 is 0. The predicted octanol–water partition coefficient (Wildman–Crippen LogP) is 2.59. The second kappa shape index (κ2) is 8.40. The number of carbonyl (C=O) groups is 2. The van der Waals surface area contributed by atoms with Crippen molar-refractivity contribution in [3.8, 4) is 0 Å². The fraction of sp³-hybridized carbons (Fsp3) is 0.400. The number of aromatic amines is 1. The first-order chi connectivity index (χ1) is 14.8. The van der Waals surface area contributed by atoms with E-state index in [9.17, 15) is 22.8 Å². The number of imidazole rings is 2. The van der Waals surface area contributed by atoms with Gasteiger partial charge in [-0.2, -0.15) is 13.2 Å². The van der Waals surface area contributed by atoms with E-state index in [0.717, 1.165) is 30.8 Å². The van der Waals surface area contributed by atoms with E-state index in [-0.39, 0.29) is 19.0 Å². The van der Waals surface area contributed by atoms with E-state index in [0.29, 0.717) is 22.6 Å². The van der Waals surface area contributed by atoms with Crippen molar-refractivity contribution in [2.75, 3.05) is 0 Å². The molecule has 3 aromatic rings. The molecule has 8 nitrogen and oxygen atoms in total. The molecule has 3 heterocycles. The molecule has 1 aliphatic rings. The number of hydrogen-bond acceptors (Lipinski definition) is 4. The van der Waals surface area contributed by atoms with E-state index in [1.807, 2.05) is 4.57 Å². The summed E-state index contributed by atoms with van der Waals surface area (Å²) in [6.07, 6.45) is -2.65. The van der Waals surface area contributed by atoms with Gasteiger partial charge in [0.05, 0.1) is 30.2 Å². The molecule has 164 valence electrons. The first kappa shape index (κ1) is 20.9. The Hall–Kier alpha value is -3.37. The molecule has 1 aromatic carbocycles. The fourth-order valence-electron chi connectivity index (χ4n) is 3.54. The van der Waals surface area contributed by atoms with Crippen molar-refractivity contribution >= 4 is 22.8 Å². The van der Waals surface area contributed by atoms with E-state index in [4.69, 9.17) is 0 Å². The summed E-state index contributed by atoms with van der Waals surface area (Å²) in [5, 5.41) is 5.31. The molecule has 0 aliphatic carbocycles. The van der Waals surface area contributed by atoms with E-state index < -0.39 is 24.9 Å². The number of aryl methyl sites for hydroxylation is 1. The number of fused-ring (bicyclic) bond motifs is 2. The Bertz CT molecular complexity index is 1120. The molecule has 0 fully saturated rings. The number of alkyl halides is 3. The second-order valence-electron chi connectivity index (χ2n) is 7.42. The number of H-pyrrole nitrogens is 1. The van der Waals surface area contributed by atoms with Crippen LogP contribution in [0.1, 0.15) is 47.0 Å². The van der Waals surface area contributed by atoms with Crippen LogP contribution in [0.3, 0.4) is 0 Å². The topological polar surface area (TPSA) is 105 Å². The Kier molecular flexibility index (Phi) is 5.66. The van der Waals surface area contributed by atoms with Gasteiger partial charge in [0.1, 0.15) is 17.3 Å². The highest BCUT2D eigenvalue weighted by Gasteiger charge is 2.27. The summed E-state index contributed by atoms with van der Waals surface area (Å²) in [5.41, 5.74) is 2.65. The third kappa shape index (κ3) is 5.04. The van der Waals surface area contributed by atoms with Crippen molar-refractivity contribution in [2.45, 2.75) is 51.5 Å². The van der Waals surface area contributed by atoms with Gasteiger partial charge in [-0.3, -0.25) is 9.59 Å². The lowest BCUT2D eigenvalue weighted by molar-refractivity contribution is -0.144. The minimum Gasteiger partial charge on any atom is -0.352 e. The number of nitrogens with one attached hydrogen (secondary N) is 3. The lowest BCUT2D eigenvalue weighted by atomic mass is 10.2. The Morgan fingerprint density at radius 1 is 1.19 bits per heavy atom. The maximum atomic E-state index is 12.4. The number of amides is 2. The molecule has 31 heavy (non-hydrogen) atoms. The lowest BCUT2D eigenvalue weighted by Gasteiger charge is -2.07. The Morgan fingerprint density at radius 2 is 2.03 bits per heavy atom. The van der Waals surface area contributed by atoms with Crippen molar-refractivity contribution in [1.82, 2.24) is 30.2 Å². The first-order valence-corrected chi connectivity index (χ1v) is 9.92. The van der Waals surface area contributed by atoms with Gasteiger partial charge < -0.3 is 20.2 Å². The van der Waals surface area contributed by atoms with E-state index >= 15 is 0 Å². The molecule has 2 amide bonds. The maximum absolute atomic E-state index is 12.4. The average molecular weight is 434 g/mol. The van der Waals surface area contributed by atoms with Gasteiger partial charge in [0.2, 0.25) is 5.91 Å². The Balaban J connectivity index is 1.33. The van der Waals surface area contributed by atoms with Gasteiger partial charge in [-0.25, -0.2) is 9.97 Å². The summed E-state index contributed by atoms with van der Waals surface area (Å²) in [6.45, 7) is 1.11. The smallest absolute Gasteiger partial charge is 0.352 e. The van der Waals surface area contributed by atoms with Crippen LogP contribution in [0.25, 0.3) is 11.0 Å². The molecule has 0 unspecified atom stereocenters. The number of carbonyl (C=O) groups excluding carboxylic acids is 2. The second-order valence-corrected chi connectivity index (χ2v) is 7.42. The monoisotopic (exact) mass is 434 g/mol. The van der Waals surface area contributed by atoms with Gasteiger partial charge in [0.25, 0.3) is 5.91 Å². The number of rotatable bonds is 7. The van der Waals surface area contributed by atoms with Gasteiger partial charge >= 0.3 is 6.18 Å². The van der Waals surface area contributed by atoms with Crippen LogP contribution >= 0.6 is 0 Å². The summed E-state index contributed by atoms with van der Waals surface area (Å²) < 4.78 is 38.5. The van der Waals surface area contributed by atoms with Crippen LogP contribution in [0.4, 0.5) is 13.2 Å². The number of hydrogen-bond donors (Lipinski definition) is 3. The van der Waals surface area contributed by atoms with E-state index in [1.165, 1.54) is 0 Å². The minimum atomic E-state index is -4.35. The zero-order chi connectivity index (χ0) is 22.0. The van der Waals surface area contributed by atoms with Gasteiger partial charge in [-0.05, 0) is 24.1 Å². The zero-order valence-corrected chi connectivity index (χ0v) is 16.6. The molecular weight excluding hydrogens is 413 g/mol. The number of aromatic nitrogens is 4. The van der Waals surface area contributed by atoms with Gasteiger partial charge in [-0.1, -0.05) is 6.07 Å². The molecule has 0 bridgehead atoms. The molecule has 0 radical (unpaired) electrons. The van der Waals surface area contributed by atoms with Crippen molar-refractivity contribution in [1.29, 1.82) is 0 Å². The summed E-state index contributed by atoms with van der Waals surface area (Å²) in [7, 11) is 0. The summed E-state index contributed by atoms with van der Waals surface area (Å²) in [4.78, 5) is 35.8. The van der Waals surface area contributed by atoms with Crippen LogP contribution in [0.5, 0.6) is 0 Å². The maximum Gasteiger partial charge on any atom is 0.389 e. The third-order valence-corrected chi connectivity index (χ3v) is 5.09. The highest BCUT2D eigenvalue weighted by atomic mass is 19.4. The number of nitrogens with zero attached hydrogens (tertiary/aromatic N) is 3. The molecule has 0 saturated carbocycles.